The van der Waals surface area contributed by atoms with Crippen LogP contribution >= 0.6 is 0 Å². The van der Waals surface area contributed by atoms with E-state index in [2.05, 4.69) is 13.0 Å². The van der Waals surface area contributed by atoms with Crippen LogP contribution in [0, 0.1) is 11.8 Å². The zero-order chi connectivity index (χ0) is 12.1. The summed E-state index contributed by atoms with van der Waals surface area (Å²) in [5, 5.41) is 0. The van der Waals surface area contributed by atoms with Gasteiger partial charge in [-0.15, -0.1) is 0 Å². The summed E-state index contributed by atoms with van der Waals surface area (Å²) in [6.07, 6.45) is 16.2. The molecule has 0 aromatic carbocycles. The van der Waals surface area contributed by atoms with E-state index in [-0.39, 0.29) is 0 Å². The number of hydrogen-bond acceptors (Lipinski definition) is 1. The molecule has 0 aromatic heterocycles. The molecule has 1 fully saturated rings. The summed E-state index contributed by atoms with van der Waals surface area (Å²) in [5.74, 6) is 1.80. The molecule has 0 spiro atoms. The van der Waals surface area contributed by atoms with E-state index in [1.807, 2.05) is 0 Å². The molecule has 2 aliphatic rings. The van der Waals surface area contributed by atoms with Gasteiger partial charge in [0, 0.05) is 6.04 Å². The van der Waals surface area contributed by atoms with Crippen molar-refractivity contribution in [3.8, 4) is 0 Å². The van der Waals surface area contributed by atoms with Crippen LogP contribution in [0.2, 0.25) is 0 Å². The maximum Gasteiger partial charge on any atom is 0.0282 e. The summed E-state index contributed by atoms with van der Waals surface area (Å²) in [6, 6.07) is 0.393. The first-order chi connectivity index (χ1) is 8.31. The molecule has 2 aliphatic carbocycles. The minimum atomic E-state index is 0.393. The lowest BCUT2D eigenvalue weighted by Gasteiger charge is -2.33. The third-order valence-corrected chi connectivity index (χ3v) is 4.87. The molecular formula is C16H29N. The van der Waals surface area contributed by atoms with Crippen LogP contribution in [0.5, 0.6) is 0 Å². The average molecular weight is 235 g/mol. The monoisotopic (exact) mass is 235 g/mol. The first kappa shape index (κ1) is 13.1. The molecule has 1 nitrogen and oxygen atoms in total. The van der Waals surface area contributed by atoms with Gasteiger partial charge in [0.15, 0.2) is 0 Å². The molecule has 0 saturated heterocycles. The van der Waals surface area contributed by atoms with Gasteiger partial charge in [0.1, 0.15) is 0 Å². The third kappa shape index (κ3) is 3.58. The largest absolute Gasteiger partial charge is 0.324 e. The van der Waals surface area contributed by atoms with Crippen LogP contribution in [-0.2, 0) is 0 Å². The van der Waals surface area contributed by atoms with Crippen LogP contribution in [-0.4, -0.2) is 6.04 Å². The second-order valence-corrected chi connectivity index (χ2v) is 6.12. The molecule has 2 N–H and O–H groups in total. The summed E-state index contributed by atoms with van der Waals surface area (Å²) in [6.45, 7) is 2.30. The highest BCUT2D eigenvalue weighted by atomic mass is 14.7. The molecule has 1 saturated carbocycles. The zero-order valence-corrected chi connectivity index (χ0v) is 11.5. The smallest absolute Gasteiger partial charge is 0.0282 e. The summed E-state index contributed by atoms with van der Waals surface area (Å²) in [5.41, 5.74) is 8.00. The molecule has 0 heterocycles. The second kappa shape index (κ2) is 6.58. The predicted octanol–water partition coefficient (Wildman–Crippen LogP) is 4.42. The van der Waals surface area contributed by atoms with Gasteiger partial charge in [0.25, 0.3) is 0 Å². The molecule has 17 heavy (non-hydrogen) atoms. The summed E-state index contributed by atoms with van der Waals surface area (Å²) < 4.78 is 0. The molecule has 1 atom stereocenters. The third-order valence-electron chi connectivity index (χ3n) is 4.87. The highest BCUT2D eigenvalue weighted by Crippen LogP contribution is 2.36. The van der Waals surface area contributed by atoms with Crippen LogP contribution in [0.25, 0.3) is 0 Å². The Morgan fingerprint density at radius 3 is 2.65 bits per heavy atom. The van der Waals surface area contributed by atoms with E-state index in [0.29, 0.717) is 6.04 Å². The number of allylic oxidation sites excluding steroid dienone is 1. The Bertz CT molecular complexity index is 248. The molecule has 0 radical (unpaired) electrons. The molecule has 1 unspecified atom stereocenters. The van der Waals surface area contributed by atoms with E-state index < -0.39 is 0 Å². The van der Waals surface area contributed by atoms with Crippen molar-refractivity contribution in [1.29, 1.82) is 0 Å². The highest BCUT2D eigenvalue weighted by molar-refractivity contribution is 5.16. The molecule has 0 aliphatic heterocycles. The van der Waals surface area contributed by atoms with E-state index >= 15 is 0 Å². The fraction of sp³-hybridized carbons (Fsp3) is 0.875. The van der Waals surface area contributed by atoms with E-state index in [4.69, 9.17) is 5.73 Å². The van der Waals surface area contributed by atoms with Gasteiger partial charge >= 0.3 is 0 Å². The number of hydrogen-bond donors (Lipinski definition) is 1. The van der Waals surface area contributed by atoms with Gasteiger partial charge in [-0.25, -0.2) is 0 Å². The lowest BCUT2D eigenvalue weighted by atomic mass is 9.75. The Morgan fingerprint density at radius 1 is 1.29 bits per heavy atom. The number of rotatable bonds is 5. The zero-order valence-electron chi connectivity index (χ0n) is 11.5. The lowest BCUT2D eigenvalue weighted by Crippen LogP contribution is -2.34. The van der Waals surface area contributed by atoms with Crippen molar-refractivity contribution in [2.45, 2.75) is 77.2 Å². The van der Waals surface area contributed by atoms with Gasteiger partial charge in [-0.2, -0.15) is 0 Å². The van der Waals surface area contributed by atoms with Gasteiger partial charge in [0.2, 0.25) is 0 Å². The van der Waals surface area contributed by atoms with Crippen molar-refractivity contribution < 1.29 is 0 Å². The van der Waals surface area contributed by atoms with Crippen LogP contribution < -0.4 is 5.73 Å². The number of unbranched alkanes of at least 4 members (excludes halogenated alkanes) is 1. The van der Waals surface area contributed by atoms with Crippen molar-refractivity contribution in [3.63, 3.8) is 0 Å². The average Bonchev–Trinajstić information content (AvgIpc) is 2.90. The maximum atomic E-state index is 6.43. The Balaban J connectivity index is 1.74. The quantitative estimate of drug-likeness (QED) is 0.701. The molecular weight excluding hydrogens is 206 g/mol. The predicted molar refractivity (Wildman–Crippen MR) is 74.9 cm³/mol. The normalized spacial score (nSPS) is 31.3. The Morgan fingerprint density at radius 2 is 2.06 bits per heavy atom. The highest BCUT2D eigenvalue weighted by Gasteiger charge is 2.27. The van der Waals surface area contributed by atoms with Gasteiger partial charge in [-0.05, 0) is 43.9 Å². The molecule has 0 amide bonds. The van der Waals surface area contributed by atoms with Crippen LogP contribution in [0.3, 0.4) is 0 Å². The standard InChI is InChI=1S/C16H29N/c1-2-3-6-13-9-11-15(12-10-13)16(17)14-7-4-5-8-14/h7,13,15-16H,2-6,8-12,17H2,1H3. The van der Waals surface area contributed by atoms with Gasteiger partial charge < -0.3 is 5.73 Å². The first-order valence-electron chi connectivity index (χ1n) is 7.75. The fourth-order valence-electron chi connectivity index (χ4n) is 3.63. The van der Waals surface area contributed by atoms with Gasteiger partial charge in [0.05, 0.1) is 0 Å². The van der Waals surface area contributed by atoms with E-state index in [1.54, 1.807) is 5.57 Å². The molecule has 0 aromatic rings. The van der Waals surface area contributed by atoms with Gasteiger partial charge in [-0.1, -0.05) is 50.7 Å². The van der Waals surface area contributed by atoms with Gasteiger partial charge in [-0.3, -0.25) is 0 Å². The van der Waals surface area contributed by atoms with Crippen LogP contribution in [0.15, 0.2) is 11.6 Å². The second-order valence-electron chi connectivity index (χ2n) is 6.12. The Hall–Kier alpha value is -0.300. The number of nitrogens with two attached hydrogens (primary N) is 1. The summed E-state index contributed by atoms with van der Waals surface area (Å²) >= 11 is 0. The minimum absolute atomic E-state index is 0.393. The maximum absolute atomic E-state index is 6.43. The molecule has 2 rings (SSSR count). The first-order valence-corrected chi connectivity index (χ1v) is 7.75. The summed E-state index contributed by atoms with van der Waals surface area (Å²) in [7, 11) is 0. The van der Waals surface area contributed by atoms with Crippen molar-refractivity contribution in [3.05, 3.63) is 11.6 Å². The molecule has 0 bridgehead atoms. The fourth-order valence-corrected chi connectivity index (χ4v) is 3.63. The summed E-state index contributed by atoms with van der Waals surface area (Å²) in [4.78, 5) is 0. The lowest BCUT2D eigenvalue weighted by molar-refractivity contribution is 0.241. The Kier molecular flexibility index (Phi) is 5.09. The molecule has 1 heteroatoms. The van der Waals surface area contributed by atoms with Crippen molar-refractivity contribution in [2.75, 3.05) is 0 Å². The van der Waals surface area contributed by atoms with E-state index in [1.165, 1.54) is 64.2 Å². The van der Waals surface area contributed by atoms with Crippen molar-refractivity contribution in [2.24, 2.45) is 17.6 Å². The van der Waals surface area contributed by atoms with Crippen molar-refractivity contribution in [1.82, 2.24) is 0 Å². The topological polar surface area (TPSA) is 26.0 Å². The van der Waals surface area contributed by atoms with E-state index in [0.717, 1.165) is 11.8 Å². The Labute approximate surface area is 107 Å². The van der Waals surface area contributed by atoms with Crippen LogP contribution in [0.1, 0.15) is 71.1 Å². The minimum Gasteiger partial charge on any atom is -0.324 e. The van der Waals surface area contributed by atoms with E-state index in [9.17, 15) is 0 Å². The molecule has 98 valence electrons. The van der Waals surface area contributed by atoms with Crippen LogP contribution in [0.4, 0.5) is 0 Å². The van der Waals surface area contributed by atoms with Crippen molar-refractivity contribution >= 4 is 0 Å². The SMILES string of the molecule is CCCCC1CCC(C(N)C2=CCCC2)CC1.